The van der Waals surface area contributed by atoms with E-state index in [1.807, 2.05) is 0 Å². The standard InChI is InChI=1S/C13H25Cl/c1-3-4-5-6-7-8-9-10-13(2)11-12-14/h11H,3-10,12H2,1-2H3/b13-11+. The van der Waals surface area contributed by atoms with Crippen molar-refractivity contribution in [3.63, 3.8) is 0 Å². The van der Waals surface area contributed by atoms with Crippen LogP contribution in [0.25, 0.3) is 0 Å². The zero-order chi connectivity index (χ0) is 10.6. The van der Waals surface area contributed by atoms with E-state index in [1.165, 1.54) is 56.9 Å². The van der Waals surface area contributed by atoms with Gasteiger partial charge < -0.3 is 0 Å². The molecule has 1 heteroatoms. The Morgan fingerprint density at radius 2 is 1.57 bits per heavy atom. The Bertz CT molecular complexity index is 138. The molecule has 0 aromatic heterocycles. The maximum atomic E-state index is 5.62. The molecular weight excluding hydrogens is 192 g/mol. The highest BCUT2D eigenvalue weighted by atomic mass is 35.5. The van der Waals surface area contributed by atoms with Gasteiger partial charge in [-0.05, 0) is 19.8 Å². The van der Waals surface area contributed by atoms with E-state index < -0.39 is 0 Å². The molecule has 0 fully saturated rings. The van der Waals surface area contributed by atoms with E-state index in [4.69, 9.17) is 11.6 Å². The van der Waals surface area contributed by atoms with E-state index in [1.54, 1.807) is 0 Å². The van der Waals surface area contributed by atoms with E-state index >= 15 is 0 Å². The summed E-state index contributed by atoms with van der Waals surface area (Å²) in [5, 5.41) is 0. The smallest absolute Gasteiger partial charge is 0.0406 e. The van der Waals surface area contributed by atoms with Gasteiger partial charge in [-0.3, -0.25) is 0 Å². The first-order valence-electron chi connectivity index (χ1n) is 6.02. The highest BCUT2D eigenvalue weighted by Crippen LogP contribution is 2.11. The minimum absolute atomic E-state index is 0.669. The predicted molar refractivity (Wildman–Crippen MR) is 67.1 cm³/mol. The summed E-state index contributed by atoms with van der Waals surface area (Å²) in [6.07, 6.45) is 13.1. The molecular formula is C13H25Cl. The fourth-order valence-electron chi connectivity index (χ4n) is 1.59. The summed E-state index contributed by atoms with van der Waals surface area (Å²) in [4.78, 5) is 0. The van der Waals surface area contributed by atoms with Crippen molar-refractivity contribution in [1.29, 1.82) is 0 Å². The summed E-state index contributed by atoms with van der Waals surface area (Å²) >= 11 is 5.62. The third-order valence-corrected chi connectivity index (χ3v) is 2.75. The molecule has 0 aliphatic heterocycles. The first-order valence-corrected chi connectivity index (χ1v) is 6.56. The minimum atomic E-state index is 0.669. The van der Waals surface area contributed by atoms with Crippen LogP contribution in [-0.4, -0.2) is 5.88 Å². The van der Waals surface area contributed by atoms with Crippen LogP contribution in [0.15, 0.2) is 11.6 Å². The summed E-state index contributed by atoms with van der Waals surface area (Å²) in [5.74, 6) is 0.669. The van der Waals surface area contributed by atoms with Crippen molar-refractivity contribution in [3.05, 3.63) is 11.6 Å². The molecule has 0 N–H and O–H groups in total. The van der Waals surface area contributed by atoms with Gasteiger partial charge >= 0.3 is 0 Å². The van der Waals surface area contributed by atoms with Gasteiger partial charge in [-0.15, -0.1) is 11.6 Å². The van der Waals surface area contributed by atoms with Crippen molar-refractivity contribution < 1.29 is 0 Å². The van der Waals surface area contributed by atoms with Crippen molar-refractivity contribution in [2.45, 2.75) is 65.2 Å². The van der Waals surface area contributed by atoms with Crippen molar-refractivity contribution in [2.75, 3.05) is 5.88 Å². The van der Waals surface area contributed by atoms with Crippen LogP contribution < -0.4 is 0 Å². The van der Waals surface area contributed by atoms with Crippen LogP contribution in [0.2, 0.25) is 0 Å². The molecule has 0 amide bonds. The molecule has 0 unspecified atom stereocenters. The SMILES string of the molecule is CCCCCCCCC/C(C)=C/CCl. The number of unbranched alkanes of at least 4 members (excludes halogenated alkanes) is 6. The number of allylic oxidation sites excluding steroid dienone is 2. The van der Waals surface area contributed by atoms with Crippen LogP contribution in [0.3, 0.4) is 0 Å². The van der Waals surface area contributed by atoms with Crippen molar-refractivity contribution in [1.82, 2.24) is 0 Å². The molecule has 0 saturated carbocycles. The summed E-state index contributed by atoms with van der Waals surface area (Å²) in [6.45, 7) is 4.44. The maximum Gasteiger partial charge on any atom is 0.0406 e. The second-order valence-corrected chi connectivity index (χ2v) is 4.38. The maximum absolute atomic E-state index is 5.62. The van der Waals surface area contributed by atoms with Gasteiger partial charge in [0.2, 0.25) is 0 Å². The second-order valence-electron chi connectivity index (χ2n) is 4.08. The number of halogens is 1. The lowest BCUT2D eigenvalue weighted by Gasteiger charge is -2.01. The molecule has 0 saturated heterocycles. The van der Waals surface area contributed by atoms with Gasteiger partial charge in [0.1, 0.15) is 0 Å². The van der Waals surface area contributed by atoms with Crippen molar-refractivity contribution >= 4 is 11.6 Å². The van der Waals surface area contributed by atoms with Gasteiger partial charge in [0, 0.05) is 5.88 Å². The van der Waals surface area contributed by atoms with E-state index in [2.05, 4.69) is 19.9 Å². The number of rotatable bonds is 9. The van der Waals surface area contributed by atoms with Crippen LogP contribution in [0.1, 0.15) is 65.2 Å². The normalized spacial score (nSPS) is 12.1. The number of hydrogen-bond donors (Lipinski definition) is 0. The fraction of sp³-hybridized carbons (Fsp3) is 0.846. The van der Waals surface area contributed by atoms with Crippen LogP contribution in [-0.2, 0) is 0 Å². The molecule has 0 atom stereocenters. The lowest BCUT2D eigenvalue weighted by Crippen LogP contribution is -1.82. The van der Waals surface area contributed by atoms with E-state index in [0.717, 1.165) is 0 Å². The first-order chi connectivity index (χ1) is 6.81. The summed E-state index contributed by atoms with van der Waals surface area (Å²) in [7, 11) is 0. The van der Waals surface area contributed by atoms with Crippen LogP contribution >= 0.6 is 11.6 Å². The lowest BCUT2D eigenvalue weighted by atomic mass is 10.1. The molecule has 84 valence electrons. The molecule has 0 rings (SSSR count). The molecule has 0 aromatic rings. The zero-order valence-corrected chi connectivity index (χ0v) is 10.6. The number of alkyl halides is 1. The first kappa shape index (κ1) is 14.0. The second kappa shape index (κ2) is 11.1. The summed E-state index contributed by atoms with van der Waals surface area (Å²) < 4.78 is 0. The molecule has 0 aliphatic carbocycles. The fourth-order valence-corrected chi connectivity index (χ4v) is 1.86. The van der Waals surface area contributed by atoms with Gasteiger partial charge in [0.05, 0.1) is 0 Å². The lowest BCUT2D eigenvalue weighted by molar-refractivity contribution is 0.588. The van der Waals surface area contributed by atoms with E-state index in [-0.39, 0.29) is 0 Å². The van der Waals surface area contributed by atoms with Gasteiger partial charge in [0.15, 0.2) is 0 Å². The molecule has 0 radical (unpaired) electrons. The Morgan fingerprint density at radius 1 is 1.00 bits per heavy atom. The van der Waals surface area contributed by atoms with E-state index in [9.17, 15) is 0 Å². The van der Waals surface area contributed by atoms with Crippen molar-refractivity contribution in [2.24, 2.45) is 0 Å². The Morgan fingerprint density at radius 3 is 2.14 bits per heavy atom. The molecule has 0 heterocycles. The average Bonchev–Trinajstić information content (AvgIpc) is 2.17. The molecule has 0 nitrogen and oxygen atoms in total. The van der Waals surface area contributed by atoms with Gasteiger partial charge in [0.25, 0.3) is 0 Å². The zero-order valence-electron chi connectivity index (χ0n) is 9.82. The summed E-state index contributed by atoms with van der Waals surface area (Å²) in [6, 6.07) is 0. The monoisotopic (exact) mass is 216 g/mol. The molecule has 0 spiro atoms. The van der Waals surface area contributed by atoms with Gasteiger partial charge in [-0.25, -0.2) is 0 Å². The third kappa shape index (κ3) is 10.1. The van der Waals surface area contributed by atoms with Crippen LogP contribution in [0.5, 0.6) is 0 Å². The quantitative estimate of drug-likeness (QED) is 0.278. The average molecular weight is 217 g/mol. The molecule has 0 bridgehead atoms. The molecule has 0 aromatic carbocycles. The Hall–Kier alpha value is 0.0300. The molecule has 14 heavy (non-hydrogen) atoms. The highest BCUT2D eigenvalue weighted by molar-refractivity contribution is 6.18. The Kier molecular flexibility index (Phi) is 11.1. The Balaban J connectivity index is 3.09. The van der Waals surface area contributed by atoms with Crippen LogP contribution in [0.4, 0.5) is 0 Å². The molecule has 0 aliphatic rings. The Labute approximate surface area is 94.7 Å². The van der Waals surface area contributed by atoms with Gasteiger partial charge in [-0.2, -0.15) is 0 Å². The largest absolute Gasteiger partial charge is 0.122 e. The third-order valence-electron chi connectivity index (χ3n) is 2.60. The number of hydrogen-bond acceptors (Lipinski definition) is 0. The topological polar surface area (TPSA) is 0 Å². The summed E-state index contributed by atoms with van der Waals surface area (Å²) in [5.41, 5.74) is 1.45. The van der Waals surface area contributed by atoms with Crippen LogP contribution in [0, 0.1) is 0 Å². The van der Waals surface area contributed by atoms with Gasteiger partial charge in [-0.1, -0.05) is 57.1 Å². The van der Waals surface area contributed by atoms with Crippen molar-refractivity contribution in [3.8, 4) is 0 Å². The highest BCUT2D eigenvalue weighted by Gasteiger charge is 1.92. The predicted octanol–water partition coefficient (Wildman–Crippen LogP) is 5.31. The van der Waals surface area contributed by atoms with E-state index in [0.29, 0.717) is 5.88 Å². The minimum Gasteiger partial charge on any atom is -0.122 e.